The molecule has 0 rings (SSSR count). The van der Waals surface area contributed by atoms with Gasteiger partial charge < -0.3 is 0 Å². The summed E-state index contributed by atoms with van der Waals surface area (Å²) in [7, 11) is 0. The number of hydrogen-bond acceptors (Lipinski definition) is 0. The zero-order chi connectivity index (χ0) is 6.41. The summed E-state index contributed by atoms with van der Waals surface area (Å²) in [4.78, 5) is 0. The molecule has 0 aliphatic carbocycles. The largest absolute Gasteiger partial charge is 0.316 e. The predicted molar refractivity (Wildman–Crippen MR) is 47.2 cm³/mol. The number of rotatable bonds is 4. The van der Waals surface area contributed by atoms with E-state index in [1.165, 1.54) is 19.3 Å². The van der Waals surface area contributed by atoms with Crippen molar-refractivity contribution in [3.8, 4) is 0 Å². The van der Waals surface area contributed by atoms with E-state index in [0.29, 0.717) is 0 Å². The van der Waals surface area contributed by atoms with Crippen LogP contribution in [-0.2, 0) is 0 Å². The fraction of sp³-hybridized carbons (Fsp3) is 0.875. The van der Waals surface area contributed by atoms with Crippen molar-refractivity contribution in [2.45, 2.75) is 40.0 Å². The number of unbranched alkanes of at least 4 members (excludes halogenated alkanes) is 2. The SMILES string of the molecule is C[CH]CCCC(C)C.[MgH2]. The van der Waals surface area contributed by atoms with Crippen LogP contribution in [0.15, 0.2) is 0 Å². The van der Waals surface area contributed by atoms with Crippen LogP contribution in [0.25, 0.3) is 0 Å². The average Bonchev–Trinajstić information content (AvgIpc) is 1.66. The molecule has 0 saturated carbocycles. The van der Waals surface area contributed by atoms with Crippen LogP contribution in [0.2, 0.25) is 0 Å². The Kier molecular flexibility index (Phi) is 12.1. The Balaban J connectivity index is 0. The minimum atomic E-state index is 0. The van der Waals surface area contributed by atoms with Crippen LogP contribution in [0.3, 0.4) is 0 Å². The Hall–Kier alpha value is 0.766. The van der Waals surface area contributed by atoms with E-state index >= 15 is 0 Å². The molecular formula is C8H19Mg. The van der Waals surface area contributed by atoms with E-state index in [2.05, 4.69) is 27.2 Å². The topological polar surface area (TPSA) is 0 Å². The standard InChI is InChI=1S/C8H17.Mg.2H/c1-4-5-6-7-8(2)3;;;/h4,8H,5-7H2,1-3H3;;;. The maximum Gasteiger partial charge on any atom is 0.316 e. The van der Waals surface area contributed by atoms with Gasteiger partial charge in [0.15, 0.2) is 0 Å². The molecule has 0 saturated heterocycles. The fourth-order valence-corrected chi connectivity index (χ4v) is 0.730. The Labute approximate surface area is 75.6 Å². The monoisotopic (exact) mass is 139 g/mol. The van der Waals surface area contributed by atoms with Gasteiger partial charge in [0.05, 0.1) is 0 Å². The van der Waals surface area contributed by atoms with E-state index in [4.69, 9.17) is 0 Å². The summed E-state index contributed by atoms with van der Waals surface area (Å²) in [6.07, 6.45) is 6.28. The quantitative estimate of drug-likeness (QED) is 0.414. The lowest BCUT2D eigenvalue weighted by molar-refractivity contribution is 0.553. The summed E-state index contributed by atoms with van der Waals surface area (Å²) in [5.41, 5.74) is 0. The zero-order valence-electron chi connectivity index (χ0n) is 6.28. The molecule has 0 bridgehead atoms. The molecule has 0 aliphatic rings. The van der Waals surface area contributed by atoms with Crippen LogP contribution in [0.5, 0.6) is 0 Å². The summed E-state index contributed by atoms with van der Waals surface area (Å²) >= 11 is 0. The summed E-state index contributed by atoms with van der Waals surface area (Å²) < 4.78 is 0. The maximum absolute atomic E-state index is 2.27. The van der Waals surface area contributed by atoms with Crippen LogP contribution in [0.1, 0.15) is 40.0 Å². The van der Waals surface area contributed by atoms with Crippen molar-refractivity contribution >= 4 is 23.1 Å². The summed E-state index contributed by atoms with van der Waals surface area (Å²) in [5.74, 6) is 0.884. The van der Waals surface area contributed by atoms with Crippen molar-refractivity contribution in [2.24, 2.45) is 5.92 Å². The first-order valence-corrected chi connectivity index (χ1v) is 3.55. The van der Waals surface area contributed by atoms with Crippen molar-refractivity contribution in [1.82, 2.24) is 0 Å². The molecule has 1 heteroatoms. The molecule has 0 nitrogen and oxygen atoms in total. The van der Waals surface area contributed by atoms with Crippen LogP contribution >= 0.6 is 0 Å². The molecule has 0 fully saturated rings. The molecular weight excluding hydrogens is 120 g/mol. The minimum Gasteiger partial charge on any atom is -0.0628 e. The highest BCUT2D eigenvalue weighted by Gasteiger charge is 1.90. The third-order valence-electron chi connectivity index (χ3n) is 1.27. The molecule has 0 spiro atoms. The second kappa shape index (κ2) is 8.77. The lowest BCUT2D eigenvalue weighted by Gasteiger charge is -2.00. The van der Waals surface area contributed by atoms with Gasteiger partial charge in [-0.3, -0.25) is 0 Å². The summed E-state index contributed by atoms with van der Waals surface area (Å²) in [6.45, 7) is 6.67. The molecule has 0 amide bonds. The highest BCUT2D eigenvalue weighted by atomic mass is 24.3. The Morgan fingerprint density at radius 3 is 2.22 bits per heavy atom. The smallest absolute Gasteiger partial charge is 0.0628 e. The van der Waals surface area contributed by atoms with Gasteiger partial charge in [0, 0.05) is 0 Å². The van der Waals surface area contributed by atoms with Gasteiger partial charge in [-0.1, -0.05) is 40.0 Å². The molecule has 53 valence electrons. The Bertz CT molecular complexity index is 41.8. The summed E-state index contributed by atoms with van der Waals surface area (Å²) in [6, 6.07) is 0. The van der Waals surface area contributed by atoms with Gasteiger partial charge in [0.25, 0.3) is 0 Å². The second-order valence-corrected chi connectivity index (χ2v) is 2.73. The zero-order valence-corrected chi connectivity index (χ0v) is 6.28. The van der Waals surface area contributed by atoms with Crippen molar-refractivity contribution in [1.29, 1.82) is 0 Å². The third-order valence-corrected chi connectivity index (χ3v) is 1.27. The van der Waals surface area contributed by atoms with Gasteiger partial charge in [-0.15, -0.1) is 0 Å². The van der Waals surface area contributed by atoms with E-state index in [9.17, 15) is 0 Å². The maximum atomic E-state index is 2.27. The average molecular weight is 140 g/mol. The summed E-state index contributed by atoms with van der Waals surface area (Å²) in [5, 5.41) is 0. The third kappa shape index (κ3) is 12.1. The predicted octanol–water partition coefficient (Wildman–Crippen LogP) is 2.12. The molecule has 0 aromatic rings. The lowest BCUT2D eigenvalue weighted by atomic mass is 10.1. The van der Waals surface area contributed by atoms with Crippen molar-refractivity contribution in [2.75, 3.05) is 0 Å². The molecule has 0 aromatic heterocycles. The minimum absolute atomic E-state index is 0. The van der Waals surface area contributed by atoms with Gasteiger partial charge >= 0.3 is 23.1 Å². The highest BCUT2D eigenvalue weighted by molar-refractivity contribution is 5.75. The molecule has 0 aliphatic heterocycles. The van der Waals surface area contributed by atoms with E-state index in [0.717, 1.165) is 5.92 Å². The molecule has 9 heavy (non-hydrogen) atoms. The van der Waals surface area contributed by atoms with Gasteiger partial charge in [0.1, 0.15) is 0 Å². The fourth-order valence-electron chi connectivity index (χ4n) is 0.730. The van der Waals surface area contributed by atoms with Crippen molar-refractivity contribution in [3.05, 3.63) is 6.42 Å². The van der Waals surface area contributed by atoms with Crippen LogP contribution in [-0.4, -0.2) is 23.1 Å². The van der Waals surface area contributed by atoms with Gasteiger partial charge in [0.2, 0.25) is 0 Å². The van der Waals surface area contributed by atoms with E-state index < -0.39 is 0 Å². The first kappa shape index (κ1) is 12.4. The Morgan fingerprint density at radius 1 is 1.33 bits per heavy atom. The van der Waals surface area contributed by atoms with E-state index in [1.807, 2.05) is 0 Å². The Morgan fingerprint density at radius 2 is 1.89 bits per heavy atom. The molecule has 0 aromatic carbocycles. The van der Waals surface area contributed by atoms with Crippen LogP contribution in [0.4, 0.5) is 0 Å². The molecule has 0 unspecified atom stereocenters. The molecule has 0 atom stereocenters. The molecule has 0 N–H and O–H groups in total. The molecule has 0 heterocycles. The van der Waals surface area contributed by atoms with Gasteiger partial charge in [-0.05, 0) is 12.3 Å². The van der Waals surface area contributed by atoms with Crippen molar-refractivity contribution in [3.63, 3.8) is 0 Å². The lowest BCUT2D eigenvalue weighted by Crippen LogP contribution is -1.85. The normalized spacial score (nSPS) is 9.33. The van der Waals surface area contributed by atoms with Crippen molar-refractivity contribution < 1.29 is 0 Å². The first-order chi connectivity index (χ1) is 3.77. The second-order valence-electron chi connectivity index (χ2n) is 2.73. The van der Waals surface area contributed by atoms with E-state index in [1.54, 1.807) is 0 Å². The first-order valence-electron chi connectivity index (χ1n) is 3.55. The number of hydrogen-bond donors (Lipinski definition) is 0. The van der Waals surface area contributed by atoms with Gasteiger partial charge in [-0.25, -0.2) is 0 Å². The van der Waals surface area contributed by atoms with E-state index in [-0.39, 0.29) is 23.1 Å². The molecule has 1 radical (unpaired) electrons. The van der Waals surface area contributed by atoms with Crippen LogP contribution < -0.4 is 0 Å². The van der Waals surface area contributed by atoms with Crippen LogP contribution in [0, 0.1) is 12.3 Å². The van der Waals surface area contributed by atoms with Gasteiger partial charge in [-0.2, -0.15) is 0 Å². The highest BCUT2D eigenvalue weighted by Crippen LogP contribution is 2.06.